The Hall–Kier alpha value is -3.52. The molecule has 7 nitrogen and oxygen atoms in total. The zero-order chi connectivity index (χ0) is 22.7. The van der Waals surface area contributed by atoms with Gasteiger partial charge in [-0.15, -0.1) is 0 Å². The third-order valence-electron chi connectivity index (χ3n) is 5.23. The number of anilines is 1. The number of hydrogen-bond donors (Lipinski definition) is 1. The zero-order valence-electron chi connectivity index (χ0n) is 17.8. The minimum atomic E-state index is -3.69. The van der Waals surface area contributed by atoms with Crippen molar-refractivity contribution in [1.82, 2.24) is 5.32 Å². The summed E-state index contributed by atoms with van der Waals surface area (Å²) in [5.74, 6) is 1.07. The van der Waals surface area contributed by atoms with Gasteiger partial charge in [-0.05, 0) is 55.5 Å². The van der Waals surface area contributed by atoms with Crippen molar-refractivity contribution in [2.45, 2.75) is 17.9 Å². The van der Waals surface area contributed by atoms with E-state index in [0.717, 1.165) is 5.56 Å². The molecule has 1 N–H and O–H groups in total. The van der Waals surface area contributed by atoms with Crippen molar-refractivity contribution in [2.75, 3.05) is 24.5 Å². The van der Waals surface area contributed by atoms with Crippen LogP contribution in [0.3, 0.4) is 0 Å². The van der Waals surface area contributed by atoms with E-state index in [2.05, 4.69) is 5.32 Å². The van der Waals surface area contributed by atoms with Gasteiger partial charge in [0.25, 0.3) is 15.9 Å². The van der Waals surface area contributed by atoms with Gasteiger partial charge < -0.3 is 14.8 Å². The van der Waals surface area contributed by atoms with Crippen molar-refractivity contribution in [1.29, 1.82) is 0 Å². The second-order valence-electron chi connectivity index (χ2n) is 7.54. The van der Waals surface area contributed by atoms with E-state index in [4.69, 9.17) is 9.47 Å². The standard InChI is InChI=1S/C24H24N2O5S/c1-17-7-13-21(14-8-17)32(28,29)26(2)19-11-9-18(10-12-19)24(27)25-15-20-16-30-22-5-3-4-6-23(22)31-20/h3-14,20H,15-16H2,1-2H3,(H,25,27)/t20-/m1/s1. The number of ether oxygens (including phenoxy) is 2. The largest absolute Gasteiger partial charge is 0.486 e. The summed E-state index contributed by atoms with van der Waals surface area (Å²) in [6, 6.07) is 20.5. The van der Waals surface area contributed by atoms with Crippen LogP contribution in [0.5, 0.6) is 11.5 Å². The summed E-state index contributed by atoms with van der Waals surface area (Å²) in [5.41, 5.74) is 1.87. The average Bonchev–Trinajstić information content (AvgIpc) is 2.82. The van der Waals surface area contributed by atoms with E-state index in [-0.39, 0.29) is 23.5 Å². The van der Waals surface area contributed by atoms with Gasteiger partial charge in [0.05, 0.1) is 17.1 Å². The van der Waals surface area contributed by atoms with Crippen molar-refractivity contribution >= 4 is 21.6 Å². The van der Waals surface area contributed by atoms with Gasteiger partial charge in [-0.25, -0.2) is 8.42 Å². The quantitative estimate of drug-likeness (QED) is 0.620. The highest BCUT2D eigenvalue weighted by molar-refractivity contribution is 7.92. The fourth-order valence-electron chi connectivity index (χ4n) is 3.30. The average molecular weight is 453 g/mol. The van der Waals surface area contributed by atoms with Crippen LogP contribution in [0, 0.1) is 6.92 Å². The van der Waals surface area contributed by atoms with Crippen molar-refractivity contribution in [3.63, 3.8) is 0 Å². The Morgan fingerprint density at radius 3 is 2.34 bits per heavy atom. The normalized spacial score (nSPS) is 15.1. The van der Waals surface area contributed by atoms with E-state index in [0.29, 0.717) is 29.4 Å². The number of carbonyl (C=O) groups is 1. The molecule has 3 aromatic carbocycles. The van der Waals surface area contributed by atoms with Gasteiger partial charge in [-0.3, -0.25) is 9.10 Å². The first-order valence-corrected chi connectivity index (χ1v) is 11.6. The second-order valence-corrected chi connectivity index (χ2v) is 9.51. The molecule has 1 atom stereocenters. The van der Waals surface area contributed by atoms with Gasteiger partial charge in [-0.1, -0.05) is 29.8 Å². The SMILES string of the molecule is Cc1ccc(S(=O)(=O)N(C)c2ccc(C(=O)NC[C@@H]3COc4ccccc4O3)cc2)cc1. The van der Waals surface area contributed by atoms with Crippen LogP contribution in [0.2, 0.25) is 0 Å². The van der Waals surface area contributed by atoms with Crippen LogP contribution >= 0.6 is 0 Å². The highest BCUT2D eigenvalue weighted by Crippen LogP contribution is 2.30. The summed E-state index contributed by atoms with van der Waals surface area (Å²) in [6.07, 6.45) is -0.293. The smallest absolute Gasteiger partial charge is 0.264 e. The molecule has 1 aliphatic rings. The molecule has 0 bridgehead atoms. The minimum absolute atomic E-state index is 0.212. The number of aryl methyl sites for hydroxylation is 1. The van der Waals surface area contributed by atoms with Crippen LogP contribution in [-0.4, -0.2) is 40.6 Å². The number of sulfonamides is 1. The zero-order valence-corrected chi connectivity index (χ0v) is 18.6. The van der Waals surface area contributed by atoms with Crippen molar-refractivity contribution in [3.05, 3.63) is 83.9 Å². The van der Waals surface area contributed by atoms with Crippen LogP contribution in [0.1, 0.15) is 15.9 Å². The molecule has 0 fully saturated rings. The number of nitrogens with one attached hydrogen (secondary N) is 1. The molecule has 0 aromatic heterocycles. The van der Waals surface area contributed by atoms with E-state index >= 15 is 0 Å². The lowest BCUT2D eigenvalue weighted by Crippen LogP contribution is -2.40. The number of hydrogen-bond acceptors (Lipinski definition) is 5. The maximum Gasteiger partial charge on any atom is 0.264 e. The summed E-state index contributed by atoms with van der Waals surface area (Å²) < 4.78 is 38.4. The lowest BCUT2D eigenvalue weighted by Gasteiger charge is -2.26. The number of carbonyl (C=O) groups excluding carboxylic acids is 1. The Labute approximate surface area is 187 Å². The van der Waals surface area contributed by atoms with E-state index in [1.54, 1.807) is 48.5 Å². The van der Waals surface area contributed by atoms with E-state index in [1.165, 1.54) is 11.4 Å². The first-order chi connectivity index (χ1) is 15.3. The molecular formula is C24H24N2O5S. The van der Waals surface area contributed by atoms with Gasteiger partial charge in [0, 0.05) is 12.6 Å². The Morgan fingerprint density at radius 2 is 1.66 bits per heavy atom. The molecule has 0 radical (unpaired) electrons. The molecular weight excluding hydrogens is 428 g/mol. The van der Waals surface area contributed by atoms with E-state index < -0.39 is 10.0 Å². The molecule has 0 spiro atoms. The maximum atomic E-state index is 12.8. The molecule has 1 aliphatic heterocycles. The van der Waals surface area contributed by atoms with Crippen LogP contribution in [0.4, 0.5) is 5.69 Å². The summed E-state index contributed by atoms with van der Waals surface area (Å²) in [7, 11) is -2.20. The summed E-state index contributed by atoms with van der Waals surface area (Å²) >= 11 is 0. The topological polar surface area (TPSA) is 84.9 Å². The maximum absolute atomic E-state index is 12.8. The number of nitrogens with zero attached hydrogens (tertiary/aromatic N) is 1. The molecule has 0 unspecified atom stereocenters. The number of fused-ring (bicyclic) bond motifs is 1. The fourth-order valence-corrected chi connectivity index (χ4v) is 4.50. The number of amides is 1. The van der Waals surface area contributed by atoms with E-state index in [9.17, 15) is 13.2 Å². The monoisotopic (exact) mass is 452 g/mol. The Morgan fingerprint density at radius 1 is 1.00 bits per heavy atom. The molecule has 4 rings (SSSR count). The highest BCUT2D eigenvalue weighted by atomic mass is 32.2. The molecule has 0 saturated carbocycles. The highest BCUT2D eigenvalue weighted by Gasteiger charge is 2.23. The van der Waals surface area contributed by atoms with Crippen LogP contribution < -0.4 is 19.1 Å². The van der Waals surface area contributed by atoms with Crippen LogP contribution in [-0.2, 0) is 10.0 Å². The molecule has 8 heteroatoms. The second kappa shape index (κ2) is 8.92. The summed E-state index contributed by atoms with van der Waals surface area (Å²) in [5, 5.41) is 2.83. The first kappa shape index (κ1) is 21.7. The van der Waals surface area contributed by atoms with Gasteiger partial charge in [0.2, 0.25) is 0 Å². The predicted molar refractivity (Wildman–Crippen MR) is 122 cm³/mol. The third-order valence-corrected chi connectivity index (χ3v) is 7.03. The van der Waals surface area contributed by atoms with Crippen LogP contribution in [0.15, 0.2) is 77.7 Å². The molecule has 0 aliphatic carbocycles. The lowest BCUT2D eigenvalue weighted by atomic mass is 10.2. The molecule has 3 aromatic rings. The Kier molecular flexibility index (Phi) is 6.05. The van der Waals surface area contributed by atoms with E-state index in [1.807, 2.05) is 31.2 Å². The van der Waals surface area contributed by atoms with Crippen molar-refractivity contribution < 1.29 is 22.7 Å². The summed E-state index contributed by atoms with van der Waals surface area (Å²) in [4.78, 5) is 12.7. The number of para-hydroxylation sites is 2. The summed E-state index contributed by atoms with van der Waals surface area (Å²) in [6.45, 7) is 2.53. The lowest BCUT2D eigenvalue weighted by molar-refractivity contribution is 0.0789. The van der Waals surface area contributed by atoms with Gasteiger partial charge in [0.15, 0.2) is 11.5 Å². The van der Waals surface area contributed by atoms with Gasteiger partial charge in [0.1, 0.15) is 12.7 Å². The number of rotatable bonds is 6. The van der Waals surface area contributed by atoms with Crippen molar-refractivity contribution in [2.24, 2.45) is 0 Å². The Bertz CT molecular complexity index is 1210. The first-order valence-electron chi connectivity index (χ1n) is 10.2. The molecule has 32 heavy (non-hydrogen) atoms. The third kappa shape index (κ3) is 4.55. The molecule has 166 valence electrons. The fraction of sp³-hybridized carbons (Fsp3) is 0.208. The van der Waals surface area contributed by atoms with Gasteiger partial charge >= 0.3 is 0 Å². The Balaban J connectivity index is 1.38. The van der Waals surface area contributed by atoms with Crippen LogP contribution in [0.25, 0.3) is 0 Å². The number of benzene rings is 3. The molecule has 1 heterocycles. The van der Waals surface area contributed by atoms with Gasteiger partial charge in [-0.2, -0.15) is 0 Å². The molecule has 0 saturated heterocycles. The minimum Gasteiger partial charge on any atom is -0.486 e. The molecule has 1 amide bonds. The van der Waals surface area contributed by atoms with Crippen molar-refractivity contribution in [3.8, 4) is 11.5 Å². The predicted octanol–water partition coefficient (Wildman–Crippen LogP) is 3.39.